The summed E-state index contributed by atoms with van der Waals surface area (Å²) in [7, 11) is 0. The first kappa shape index (κ1) is 13.4. The zero-order valence-electron chi connectivity index (χ0n) is 12.3. The van der Waals surface area contributed by atoms with Crippen LogP contribution in [0.1, 0.15) is 6.99 Å². The van der Waals surface area contributed by atoms with Gasteiger partial charge in [0, 0.05) is 12.6 Å². The van der Waals surface area contributed by atoms with Crippen molar-refractivity contribution in [1.29, 1.82) is 0 Å². The number of anilines is 2. The molecule has 3 N–H and O–H groups in total. The molecular weight excluding hydrogens is 294 g/mol. The number of hydrogen-bond donors (Lipinski definition) is 3. The van der Waals surface area contributed by atoms with E-state index in [9.17, 15) is 4.79 Å². The van der Waals surface area contributed by atoms with Crippen LogP contribution in [0.2, 0.25) is 0 Å². The van der Waals surface area contributed by atoms with Gasteiger partial charge in [-0.25, -0.2) is 15.0 Å². The molecule has 0 radical (unpaired) electrons. The third-order valence-electron chi connectivity index (χ3n) is 3.64. The molecule has 23 heavy (non-hydrogen) atoms. The van der Waals surface area contributed by atoms with E-state index in [4.69, 9.17) is 0 Å². The van der Waals surface area contributed by atoms with E-state index >= 15 is 0 Å². The summed E-state index contributed by atoms with van der Waals surface area (Å²) in [5.74, 6) is 1.65. The van der Waals surface area contributed by atoms with Gasteiger partial charge in [-0.15, -0.1) is 0 Å². The SMILES string of the molecule is Cc1cc(-c2ncn[nH]2)ccc1-c1cnc2c(n1)NCC(=O)N2.[HH]. The van der Waals surface area contributed by atoms with Crippen LogP contribution < -0.4 is 10.6 Å². The minimum Gasteiger partial charge on any atom is -0.358 e. The Kier molecular flexibility index (Phi) is 3.00. The number of hydrogen-bond acceptors (Lipinski definition) is 6. The fourth-order valence-electron chi connectivity index (χ4n) is 2.52. The number of carbonyl (C=O) groups is 1. The number of nitrogens with one attached hydrogen (secondary N) is 3. The van der Waals surface area contributed by atoms with E-state index in [-0.39, 0.29) is 13.9 Å². The molecule has 0 aliphatic carbocycles. The van der Waals surface area contributed by atoms with E-state index in [0.29, 0.717) is 11.6 Å². The molecule has 1 aliphatic heterocycles. The molecule has 2 aromatic heterocycles. The van der Waals surface area contributed by atoms with E-state index < -0.39 is 0 Å². The normalized spacial score (nSPS) is 13.2. The molecule has 1 aromatic carbocycles. The Hall–Kier alpha value is -3.29. The zero-order valence-corrected chi connectivity index (χ0v) is 12.3. The second kappa shape index (κ2) is 5.16. The number of benzene rings is 1. The Balaban J connectivity index is 0.00000169. The number of aromatic nitrogens is 5. The van der Waals surface area contributed by atoms with Gasteiger partial charge in [0.15, 0.2) is 17.5 Å². The number of aromatic amines is 1. The lowest BCUT2D eigenvalue weighted by Crippen LogP contribution is -2.28. The molecule has 8 nitrogen and oxygen atoms in total. The number of nitrogens with zero attached hydrogens (tertiary/aromatic N) is 4. The molecule has 0 bridgehead atoms. The van der Waals surface area contributed by atoms with E-state index in [1.54, 1.807) is 6.20 Å². The van der Waals surface area contributed by atoms with Crippen molar-refractivity contribution in [3.63, 3.8) is 0 Å². The summed E-state index contributed by atoms with van der Waals surface area (Å²) in [6, 6.07) is 5.95. The zero-order chi connectivity index (χ0) is 15.8. The highest BCUT2D eigenvalue weighted by Gasteiger charge is 2.18. The number of H-pyrrole nitrogens is 1. The van der Waals surface area contributed by atoms with Crippen molar-refractivity contribution in [3.05, 3.63) is 36.3 Å². The van der Waals surface area contributed by atoms with Crippen molar-refractivity contribution >= 4 is 17.5 Å². The Morgan fingerprint density at radius 2 is 2.13 bits per heavy atom. The molecule has 0 unspecified atom stereocenters. The smallest absolute Gasteiger partial charge is 0.244 e. The van der Waals surface area contributed by atoms with Crippen LogP contribution in [-0.4, -0.2) is 37.6 Å². The molecule has 0 spiro atoms. The van der Waals surface area contributed by atoms with Crippen molar-refractivity contribution in [2.75, 3.05) is 17.2 Å². The van der Waals surface area contributed by atoms with Gasteiger partial charge in [-0.3, -0.25) is 9.89 Å². The lowest BCUT2D eigenvalue weighted by Gasteiger charge is -2.17. The standard InChI is InChI=1S/C15H13N7O.H2/c1-8-4-9(13-18-7-19-22-13)2-3-10(8)11-5-16-15-14(20-11)17-6-12(23)21-15;/h2-5,7H,6H2,1H3,(H,17,20)(H,16,21,23)(H,18,19,22);1H. The van der Waals surface area contributed by atoms with Crippen molar-refractivity contribution in [2.45, 2.75) is 6.92 Å². The van der Waals surface area contributed by atoms with Gasteiger partial charge in [-0.2, -0.15) is 5.10 Å². The molecule has 0 saturated heterocycles. The van der Waals surface area contributed by atoms with Crippen LogP contribution in [0.4, 0.5) is 11.6 Å². The maximum Gasteiger partial charge on any atom is 0.244 e. The first-order valence-corrected chi connectivity index (χ1v) is 7.08. The van der Waals surface area contributed by atoms with Crippen molar-refractivity contribution in [1.82, 2.24) is 25.1 Å². The van der Waals surface area contributed by atoms with Crippen LogP contribution >= 0.6 is 0 Å². The number of aryl methyl sites for hydroxylation is 1. The number of carbonyl (C=O) groups excluding carboxylic acids is 1. The van der Waals surface area contributed by atoms with E-state index in [1.165, 1.54) is 6.33 Å². The number of amides is 1. The summed E-state index contributed by atoms with van der Waals surface area (Å²) < 4.78 is 0. The number of rotatable bonds is 2. The van der Waals surface area contributed by atoms with Gasteiger partial charge >= 0.3 is 0 Å². The maximum absolute atomic E-state index is 11.3. The molecule has 1 aliphatic rings. The van der Waals surface area contributed by atoms with E-state index in [1.807, 2.05) is 25.1 Å². The largest absolute Gasteiger partial charge is 0.358 e. The summed E-state index contributed by atoms with van der Waals surface area (Å²) in [5.41, 5.74) is 3.73. The van der Waals surface area contributed by atoms with Crippen LogP contribution in [0.25, 0.3) is 22.6 Å². The van der Waals surface area contributed by atoms with Gasteiger partial charge in [-0.05, 0) is 18.6 Å². The van der Waals surface area contributed by atoms with Crippen LogP contribution in [0, 0.1) is 6.92 Å². The lowest BCUT2D eigenvalue weighted by molar-refractivity contribution is -0.114. The van der Waals surface area contributed by atoms with E-state index in [0.717, 1.165) is 28.2 Å². The predicted molar refractivity (Wildman–Crippen MR) is 86.8 cm³/mol. The van der Waals surface area contributed by atoms with Gasteiger partial charge in [0.05, 0.1) is 18.4 Å². The summed E-state index contributed by atoms with van der Waals surface area (Å²) in [6.45, 7) is 2.21. The molecule has 0 saturated carbocycles. The molecule has 0 atom stereocenters. The van der Waals surface area contributed by atoms with E-state index in [2.05, 4.69) is 35.8 Å². The molecular formula is C15H15N7O. The minimum absolute atomic E-state index is 0. The van der Waals surface area contributed by atoms with Crippen LogP contribution in [0.5, 0.6) is 0 Å². The summed E-state index contributed by atoms with van der Waals surface area (Å²) in [4.78, 5) is 24.3. The first-order chi connectivity index (χ1) is 11.2. The van der Waals surface area contributed by atoms with Crippen molar-refractivity contribution in [2.24, 2.45) is 0 Å². The first-order valence-electron chi connectivity index (χ1n) is 7.08. The molecule has 4 rings (SSSR count). The fraction of sp³-hybridized carbons (Fsp3) is 0.133. The Labute approximate surface area is 132 Å². The fourth-order valence-corrected chi connectivity index (χ4v) is 2.52. The maximum atomic E-state index is 11.3. The highest BCUT2D eigenvalue weighted by atomic mass is 16.2. The molecule has 1 amide bonds. The third-order valence-corrected chi connectivity index (χ3v) is 3.64. The summed E-state index contributed by atoms with van der Waals surface area (Å²) in [6.07, 6.45) is 3.13. The third kappa shape index (κ3) is 2.39. The highest BCUT2D eigenvalue weighted by Crippen LogP contribution is 2.28. The lowest BCUT2D eigenvalue weighted by atomic mass is 10.0. The predicted octanol–water partition coefficient (Wildman–Crippen LogP) is 1.85. The van der Waals surface area contributed by atoms with Gasteiger partial charge in [-0.1, -0.05) is 12.1 Å². The molecule has 0 fully saturated rings. The van der Waals surface area contributed by atoms with Gasteiger partial charge < -0.3 is 10.6 Å². The second-order valence-electron chi connectivity index (χ2n) is 5.22. The minimum atomic E-state index is -0.118. The summed E-state index contributed by atoms with van der Waals surface area (Å²) in [5, 5.41) is 12.4. The Morgan fingerprint density at radius 1 is 1.22 bits per heavy atom. The van der Waals surface area contributed by atoms with Crippen LogP contribution in [0.3, 0.4) is 0 Å². The second-order valence-corrected chi connectivity index (χ2v) is 5.22. The van der Waals surface area contributed by atoms with Gasteiger partial charge in [0.25, 0.3) is 0 Å². The summed E-state index contributed by atoms with van der Waals surface area (Å²) >= 11 is 0. The average Bonchev–Trinajstić information content (AvgIpc) is 3.09. The van der Waals surface area contributed by atoms with Crippen molar-refractivity contribution < 1.29 is 6.22 Å². The molecule has 8 heteroatoms. The highest BCUT2D eigenvalue weighted by molar-refractivity contribution is 5.98. The monoisotopic (exact) mass is 309 g/mol. The van der Waals surface area contributed by atoms with Crippen LogP contribution in [-0.2, 0) is 4.79 Å². The average molecular weight is 309 g/mol. The topological polar surface area (TPSA) is 108 Å². The van der Waals surface area contributed by atoms with Gasteiger partial charge in [0.1, 0.15) is 6.33 Å². The Morgan fingerprint density at radius 3 is 2.91 bits per heavy atom. The Bertz CT molecular complexity index is 895. The number of fused-ring (bicyclic) bond motifs is 1. The molecule has 3 aromatic rings. The quantitative estimate of drug-likeness (QED) is 0.666. The van der Waals surface area contributed by atoms with Gasteiger partial charge in [0.2, 0.25) is 5.91 Å². The molecule has 116 valence electrons. The van der Waals surface area contributed by atoms with Crippen molar-refractivity contribution in [3.8, 4) is 22.6 Å². The van der Waals surface area contributed by atoms with Crippen LogP contribution in [0.15, 0.2) is 30.7 Å². The molecule has 3 heterocycles.